The van der Waals surface area contributed by atoms with Crippen LogP contribution in [-0.2, 0) is 0 Å². The van der Waals surface area contributed by atoms with Crippen molar-refractivity contribution in [3.8, 4) is 33.9 Å². The van der Waals surface area contributed by atoms with Crippen LogP contribution in [-0.4, -0.2) is 9.97 Å². The molecule has 0 N–H and O–H groups in total. The summed E-state index contributed by atoms with van der Waals surface area (Å²) < 4.78 is 0. The molecule has 2 heteroatoms. The Labute approximate surface area is 260 Å². The summed E-state index contributed by atoms with van der Waals surface area (Å²) in [6.45, 7) is 8.49. The first-order chi connectivity index (χ1) is 21.6. The second-order valence-electron chi connectivity index (χ2n) is 10.6. The van der Waals surface area contributed by atoms with Crippen molar-refractivity contribution in [3.05, 3.63) is 174 Å². The van der Waals surface area contributed by atoms with Crippen molar-refractivity contribution >= 4 is 28.5 Å². The minimum absolute atomic E-state index is 0.687. The van der Waals surface area contributed by atoms with Gasteiger partial charge in [0.05, 0.1) is 11.4 Å². The first-order valence-corrected chi connectivity index (χ1v) is 14.9. The topological polar surface area (TPSA) is 25.8 Å². The zero-order chi connectivity index (χ0) is 30.3. The number of fused-ring (bicyclic) bond motifs is 1. The van der Waals surface area contributed by atoms with Gasteiger partial charge < -0.3 is 0 Å². The summed E-state index contributed by atoms with van der Waals surface area (Å²) >= 11 is 0. The minimum atomic E-state index is 0.687. The van der Waals surface area contributed by atoms with Crippen molar-refractivity contribution in [2.45, 2.75) is 13.8 Å². The van der Waals surface area contributed by atoms with Gasteiger partial charge in [0.15, 0.2) is 5.82 Å². The number of hydrogen-bond donors (Lipinski definition) is 0. The fraction of sp³-hybridized carbons (Fsp3) is 0.0476. The van der Waals surface area contributed by atoms with E-state index >= 15 is 0 Å². The Hall–Kier alpha value is -5.60. The van der Waals surface area contributed by atoms with Gasteiger partial charge in [0.25, 0.3) is 0 Å². The highest BCUT2D eigenvalue weighted by molar-refractivity contribution is 5.96. The van der Waals surface area contributed by atoms with Gasteiger partial charge in [-0.2, -0.15) is 0 Å². The number of rotatable bonds is 8. The van der Waals surface area contributed by atoms with Crippen LogP contribution in [0.2, 0.25) is 0 Å². The minimum Gasteiger partial charge on any atom is -0.228 e. The van der Waals surface area contributed by atoms with Crippen molar-refractivity contribution in [1.82, 2.24) is 9.97 Å². The van der Waals surface area contributed by atoms with Gasteiger partial charge in [-0.25, -0.2) is 9.97 Å². The van der Waals surface area contributed by atoms with Gasteiger partial charge in [-0.1, -0.05) is 152 Å². The molecule has 44 heavy (non-hydrogen) atoms. The highest BCUT2D eigenvalue weighted by atomic mass is 14.9. The fourth-order valence-electron chi connectivity index (χ4n) is 5.46. The Balaban J connectivity index is 1.45. The third kappa shape index (κ3) is 6.11. The molecule has 0 spiro atoms. The quantitative estimate of drug-likeness (QED) is 0.171. The molecule has 6 aromatic rings. The van der Waals surface area contributed by atoms with Crippen molar-refractivity contribution in [3.63, 3.8) is 0 Å². The fourth-order valence-corrected chi connectivity index (χ4v) is 5.46. The average molecular weight is 567 g/mol. The lowest BCUT2D eigenvalue weighted by molar-refractivity contribution is 1.18. The average Bonchev–Trinajstić information content (AvgIpc) is 3.08. The Bertz CT molecular complexity index is 2040. The standard InChI is InChI=1S/C42H34N2/c1-4-6-7-15-31-16-12-20-36(28-31)40-29-41(39-23-13-19-34-18-9-11-22-38(34)39)44-42(43-40)35-26-24-32(25-27-35)30(3)37-21-10-8-17-33(37)14-5-2/h4-29H,3H2,1-2H3/b6-4-,14-5-,15-7-. The molecule has 0 radical (unpaired) electrons. The third-order valence-electron chi connectivity index (χ3n) is 7.69. The summed E-state index contributed by atoms with van der Waals surface area (Å²) in [6, 6.07) is 42.2. The molecule has 0 aliphatic carbocycles. The van der Waals surface area contributed by atoms with E-state index in [0.29, 0.717) is 5.82 Å². The van der Waals surface area contributed by atoms with Crippen LogP contribution in [0.25, 0.3) is 62.4 Å². The molecule has 2 nitrogen and oxygen atoms in total. The van der Waals surface area contributed by atoms with E-state index in [1.807, 2.05) is 26.0 Å². The second-order valence-corrected chi connectivity index (χ2v) is 10.6. The number of hydrogen-bond acceptors (Lipinski definition) is 2. The van der Waals surface area contributed by atoms with E-state index in [0.717, 1.165) is 55.9 Å². The smallest absolute Gasteiger partial charge is 0.160 e. The second kappa shape index (κ2) is 13.1. The zero-order valence-corrected chi connectivity index (χ0v) is 25.1. The molecule has 0 aliphatic rings. The lowest BCUT2D eigenvalue weighted by atomic mass is 9.94. The van der Waals surface area contributed by atoms with Crippen LogP contribution in [0.5, 0.6) is 0 Å². The Morgan fingerprint density at radius 1 is 0.614 bits per heavy atom. The summed E-state index contributed by atoms with van der Waals surface area (Å²) in [5.41, 5.74) is 10.3. The summed E-state index contributed by atoms with van der Waals surface area (Å²) in [6.07, 6.45) is 12.4. The van der Waals surface area contributed by atoms with Gasteiger partial charge in [-0.15, -0.1) is 0 Å². The van der Waals surface area contributed by atoms with E-state index < -0.39 is 0 Å². The molecule has 0 atom stereocenters. The van der Waals surface area contributed by atoms with Crippen LogP contribution in [0, 0.1) is 0 Å². The molecule has 0 aliphatic heterocycles. The first-order valence-electron chi connectivity index (χ1n) is 14.9. The van der Waals surface area contributed by atoms with Crippen LogP contribution < -0.4 is 0 Å². The third-order valence-corrected chi connectivity index (χ3v) is 7.69. The van der Waals surface area contributed by atoms with E-state index in [1.165, 1.54) is 10.8 Å². The zero-order valence-electron chi connectivity index (χ0n) is 25.1. The SMILES string of the molecule is C=C(c1ccc(-c2nc(-c3cccc(/C=C\C=C/C)c3)cc(-c3cccc4ccccc34)n2)cc1)c1ccccc1/C=C\C. The maximum atomic E-state index is 5.14. The molecule has 1 aromatic heterocycles. The molecule has 0 amide bonds. The van der Waals surface area contributed by atoms with Crippen molar-refractivity contribution in [2.75, 3.05) is 0 Å². The van der Waals surface area contributed by atoms with E-state index in [1.54, 1.807) is 0 Å². The Morgan fingerprint density at radius 2 is 1.36 bits per heavy atom. The molecule has 1 heterocycles. The van der Waals surface area contributed by atoms with Crippen LogP contribution in [0.1, 0.15) is 36.1 Å². The largest absolute Gasteiger partial charge is 0.228 e. The van der Waals surface area contributed by atoms with Gasteiger partial charge in [0, 0.05) is 16.7 Å². The van der Waals surface area contributed by atoms with Gasteiger partial charge in [0.2, 0.25) is 0 Å². The highest BCUT2D eigenvalue weighted by Gasteiger charge is 2.14. The molecule has 0 saturated carbocycles. The van der Waals surface area contributed by atoms with Gasteiger partial charge in [-0.3, -0.25) is 0 Å². The number of allylic oxidation sites excluding steroid dienone is 4. The summed E-state index contributed by atoms with van der Waals surface area (Å²) in [4.78, 5) is 10.2. The van der Waals surface area contributed by atoms with Crippen LogP contribution in [0.3, 0.4) is 0 Å². The molecule has 0 unspecified atom stereocenters. The lowest BCUT2D eigenvalue weighted by Gasteiger charge is -2.13. The van der Waals surface area contributed by atoms with E-state index in [9.17, 15) is 0 Å². The van der Waals surface area contributed by atoms with Gasteiger partial charge in [0.1, 0.15) is 0 Å². The van der Waals surface area contributed by atoms with E-state index in [4.69, 9.17) is 9.97 Å². The van der Waals surface area contributed by atoms with Crippen LogP contribution >= 0.6 is 0 Å². The van der Waals surface area contributed by atoms with Crippen molar-refractivity contribution in [1.29, 1.82) is 0 Å². The van der Waals surface area contributed by atoms with E-state index in [-0.39, 0.29) is 0 Å². The monoisotopic (exact) mass is 566 g/mol. The molecule has 0 bridgehead atoms. The molecule has 6 rings (SSSR count). The van der Waals surface area contributed by atoms with Crippen LogP contribution in [0.15, 0.2) is 152 Å². The predicted octanol–water partition coefficient (Wildman–Crippen LogP) is 11.3. The maximum absolute atomic E-state index is 5.14. The lowest BCUT2D eigenvalue weighted by Crippen LogP contribution is -1.97. The summed E-state index contributed by atoms with van der Waals surface area (Å²) in [5.74, 6) is 0.687. The van der Waals surface area contributed by atoms with Gasteiger partial charge in [-0.05, 0) is 64.6 Å². The van der Waals surface area contributed by atoms with Crippen molar-refractivity contribution < 1.29 is 0 Å². The molecule has 5 aromatic carbocycles. The summed E-state index contributed by atoms with van der Waals surface area (Å²) in [7, 11) is 0. The molecule has 0 saturated heterocycles. The normalized spacial score (nSPS) is 11.7. The van der Waals surface area contributed by atoms with Crippen molar-refractivity contribution in [2.24, 2.45) is 0 Å². The summed E-state index contributed by atoms with van der Waals surface area (Å²) in [5, 5.41) is 2.35. The molecule has 0 fully saturated rings. The predicted molar refractivity (Wildman–Crippen MR) is 189 cm³/mol. The van der Waals surface area contributed by atoms with E-state index in [2.05, 4.69) is 152 Å². The Kier molecular flexibility index (Phi) is 8.52. The number of aromatic nitrogens is 2. The van der Waals surface area contributed by atoms with Gasteiger partial charge >= 0.3 is 0 Å². The number of benzene rings is 5. The highest BCUT2D eigenvalue weighted by Crippen LogP contribution is 2.33. The molecular formula is C42H34N2. The molecule has 212 valence electrons. The first kappa shape index (κ1) is 28.5. The van der Waals surface area contributed by atoms with Crippen LogP contribution in [0.4, 0.5) is 0 Å². The number of nitrogens with zero attached hydrogens (tertiary/aromatic N) is 2. The molecular weight excluding hydrogens is 532 g/mol. The maximum Gasteiger partial charge on any atom is 0.160 e. The Morgan fingerprint density at radius 3 is 2.20 bits per heavy atom.